The lowest BCUT2D eigenvalue weighted by molar-refractivity contribution is 0.0939. The Bertz CT molecular complexity index is 594. The normalized spacial score (nSPS) is 12.0. The van der Waals surface area contributed by atoms with E-state index in [-0.39, 0.29) is 11.9 Å². The largest absolute Gasteiger partial charge is 0.384 e. The molecule has 2 rings (SSSR count). The average Bonchev–Trinajstić information content (AvgIpc) is 2.99. The highest BCUT2D eigenvalue weighted by atomic mass is 16.1. The number of amides is 1. The fraction of sp³-hybridized carbons (Fsp3) is 0.400. The summed E-state index contributed by atoms with van der Waals surface area (Å²) in [6.07, 6.45) is 6.00. The summed E-state index contributed by atoms with van der Waals surface area (Å²) in [4.78, 5) is 23.8. The van der Waals surface area contributed by atoms with E-state index in [9.17, 15) is 4.79 Å². The van der Waals surface area contributed by atoms with Gasteiger partial charge in [0.1, 0.15) is 5.82 Å². The molecule has 6 heteroatoms. The molecule has 0 aromatic carbocycles. The number of H-pyrrole nitrogens is 1. The first kappa shape index (κ1) is 15.0. The zero-order valence-corrected chi connectivity index (χ0v) is 12.6. The van der Waals surface area contributed by atoms with Crippen molar-refractivity contribution < 1.29 is 4.79 Å². The number of hydrogen-bond donors (Lipinski definition) is 3. The molecule has 6 nitrogen and oxygen atoms in total. The molecular weight excluding hydrogens is 266 g/mol. The first-order valence-corrected chi connectivity index (χ1v) is 7.12. The summed E-state index contributed by atoms with van der Waals surface area (Å²) in [5.74, 6) is 0.566. The maximum Gasteiger partial charge on any atom is 0.255 e. The molecule has 1 amide bonds. The summed E-state index contributed by atoms with van der Waals surface area (Å²) in [6.45, 7) is 6.69. The second-order valence-electron chi connectivity index (χ2n) is 4.97. The molecule has 0 saturated carbocycles. The van der Waals surface area contributed by atoms with Gasteiger partial charge in [0.2, 0.25) is 0 Å². The second-order valence-corrected chi connectivity index (χ2v) is 4.97. The Morgan fingerprint density at radius 3 is 2.90 bits per heavy atom. The summed E-state index contributed by atoms with van der Waals surface area (Å²) < 4.78 is 0. The maximum atomic E-state index is 12.4. The summed E-state index contributed by atoms with van der Waals surface area (Å²) in [6, 6.07) is 1.70. The van der Waals surface area contributed by atoms with Crippen molar-refractivity contribution in [2.75, 3.05) is 11.9 Å². The summed E-state index contributed by atoms with van der Waals surface area (Å²) in [5.41, 5.74) is 2.24. The first-order chi connectivity index (χ1) is 10.1. The number of aromatic nitrogens is 3. The van der Waals surface area contributed by atoms with Gasteiger partial charge in [-0.3, -0.25) is 9.78 Å². The van der Waals surface area contributed by atoms with Crippen molar-refractivity contribution in [2.45, 2.75) is 33.2 Å². The number of carbonyl (C=O) groups excluding carboxylic acids is 1. The first-order valence-electron chi connectivity index (χ1n) is 7.12. The lowest BCUT2D eigenvalue weighted by atomic mass is 10.1. The predicted molar refractivity (Wildman–Crippen MR) is 82.2 cm³/mol. The molecule has 0 radical (unpaired) electrons. The van der Waals surface area contributed by atoms with Crippen LogP contribution in [-0.4, -0.2) is 27.4 Å². The Balaban J connectivity index is 2.14. The van der Waals surface area contributed by atoms with Crippen molar-refractivity contribution >= 4 is 11.6 Å². The van der Waals surface area contributed by atoms with Crippen LogP contribution in [0, 0.1) is 6.92 Å². The highest BCUT2D eigenvalue weighted by Crippen LogP contribution is 2.17. The number of aromatic amines is 1. The Labute approximate surface area is 124 Å². The number of pyridine rings is 1. The molecule has 0 spiro atoms. The Morgan fingerprint density at radius 2 is 2.24 bits per heavy atom. The van der Waals surface area contributed by atoms with Crippen LogP contribution in [0.2, 0.25) is 0 Å². The fourth-order valence-corrected chi connectivity index (χ4v) is 2.00. The van der Waals surface area contributed by atoms with Crippen LogP contribution in [-0.2, 0) is 0 Å². The summed E-state index contributed by atoms with van der Waals surface area (Å²) in [5, 5.41) is 6.19. The summed E-state index contributed by atoms with van der Waals surface area (Å²) >= 11 is 0. The van der Waals surface area contributed by atoms with Crippen LogP contribution in [0.15, 0.2) is 24.7 Å². The van der Waals surface area contributed by atoms with Gasteiger partial charge in [0, 0.05) is 30.8 Å². The minimum atomic E-state index is -0.187. The van der Waals surface area contributed by atoms with E-state index in [4.69, 9.17) is 0 Å². The van der Waals surface area contributed by atoms with Crippen LogP contribution in [0.5, 0.6) is 0 Å². The van der Waals surface area contributed by atoms with Gasteiger partial charge in [0.25, 0.3) is 5.91 Å². The molecule has 0 aliphatic heterocycles. The number of anilines is 1. The Hall–Kier alpha value is -2.37. The number of nitrogens with one attached hydrogen (secondary N) is 3. The number of imidazole rings is 1. The van der Waals surface area contributed by atoms with Crippen LogP contribution < -0.4 is 10.6 Å². The molecule has 2 aromatic heterocycles. The smallest absolute Gasteiger partial charge is 0.255 e. The molecule has 2 aromatic rings. The van der Waals surface area contributed by atoms with E-state index in [1.165, 1.54) is 0 Å². The van der Waals surface area contributed by atoms with Crippen LogP contribution in [0.3, 0.4) is 0 Å². The second kappa shape index (κ2) is 6.88. The molecule has 2 heterocycles. The third-order valence-corrected chi connectivity index (χ3v) is 3.13. The lowest BCUT2D eigenvalue weighted by Crippen LogP contribution is -2.28. The zero-order chi connectivity index (χ0) is 15.2. The van der Waals surface area contributed by atoms with Crippen molar-refractivity contribution in [3.63, 3.8) is 0 Å². The zero-order valence-electron chi connectivity index (χ0n) is 12.6. The van der Waals surface area contributed by atoms with E-state index in [1.807, 2.05) is 19.9 Å². The minimum Gasteiger partial charge on any atom is -0.384 e. The van der Waals surface area contributed by atoms with Crippen molar-refractivity contribution in [1.29, 1.82) is 0 Å². The molecule has 0 aliphatic carbocycles. The Kier molecular flexibility index (Phi) is 4.92. The third-order valence-electron chi connectivity index (χ3n) is 3.13. The van der Waals surface area contributed by atoms with Gasteiger partial charge < -0.3 is 15.6 Å². The number of aryl methyl sites for hydroxylation is 1. The molecule has 1 atom stereocenters. The van der Waals surface area contributed by atoms with Gasteiger partial charge in [-0.1, -0.05) is 6.92 Å². The number of hydrogen-bond acceptors (Lipinski definition) is 4. The molecule has 1 unspecified atom stereocenters. The number of carbonyl (C=O) groups is 1. The van der Waals surface area contributed by atoms with Crippen molar-refractivity contribution in [3.05, 3.63) is 41.7 Å². The molecule has 0 bridgehead atoms. The third kappa shape index (κ3) is 3.81. The van der Waals surface area contributed by atoms with E-state index < -0.39 is 0 Å². The molecule has 0 aliphatic rings. The maximum absolute atomic E-state index is 12.4. The van der Waals surface area contributed by atoms with Crippen LogP contribution in [0.25, 0.3) is 0 Å². The quantitative estimate of drug-likeness (QED) is 0.762. The van der Waals surface area contributed by atoms with E-state index in [1.54, 1.807) is 18.6 Å². The van der Waals surface area contributed by atoms with Gasteiger partial charge in [-0.25, -0.2) is 4.98 Å². The Morgan fingerprint density at radius 1 is 1.43 bits per heavy atom. The average molecular weight is 287 g/mol. The SMILES string of the molecule is CCCNc1cc(C)ncc1C(=O)NC(C)c1ncc[nH]1. The van der Waals surface area contributed by atoms with E-state index in [2.05, 4.69) is 32.5 Å². The van der Waals surface area contributed by atoms with Gasteiger partial charge in [0.05, 0.1) is 17.3 Å². The van der Waals surface area contributed by atoms with Crippen LogP contribution in [0.1, 0.15) is 48.2 Å². The van der Waals surface area contributed by atoms with Gasteiger partial charge >= 0.3 is 0 Å². The van der Waals surface area contributed by atoms with Crippen LogP contribution >= 0.6 is 0 Å². The van der Waals surface area contributed by atoms with Crippen molar-refractivity contribution in [3.8, 4) is 0 Å². The standard InChI is InChI=1S/C15H21N5O/c1-4-5-16-13-8-10(2)19-9-12(13)15(21)20-11(3)14-17-6-7-18-14/h6-9,11H,4-5H2,1-3H3,(H,16,19)(H,17,18)(H,20,21). The monoisotopic (exact) mass is 287 g/mol. The van der Waals surface area contributed by atoms with E-state index in [0.717, 1.165) is 30.2 Å². The van der Waals surface area contributed by atoms with Crippen molar-refractivity contribution in [2.24, 2.45) is 0 Å². The fourth-order valence-electron chi connectivity index (χ4n) is 2.00. The number of rotatable bonds is 6. The molecule has 0 saturated heterocycles. The van der Waals surface area contributed by atoms with Crippen molar-refractivity contribution in [1.82, 2.24) is 20.3 Å². The van der Waals surface area contributed by atoms with Gasteiger partial charge in [0.15, 0.2) is 0 Å². The molecular formula is C15H21N5O. The number of nitrogens with zero attached hydrogens (tertiary/aromatic N) is 2. The highest BCUT2D eigenvalue weighted by Gasteiger charge is 2.16. The van der Waals surface area contributed by atoms with Gasteiger partial charge in [-0.05, 0) is 26.3 Å². The molecule has 112 valence electrons. The molecule has 21 heavy (non-hydrogen) atoms. The topological polar surface area (TPSA) is 82.7 Å². The lowest BCUT2D eigenvalue weighted by Gasteiger charge is -2.15. The van der Waals surface area contributed by atoms with E-state index >= 15 is 0 Å². The molecule has 0 fully saturated rings. The van der Waals surface area contributed by atoms with Gasteiger partial charge in [-0.15, -0.1) is 0 Å². The minimum absolute atomic E-state index is 0.162. The predicted octanol–water partition coefficient (Wildman–Crippen LogP) is 2.43. The highest BCUT2D eigenvalue weighted by molar-refractivity contribution is 5.99. The molecule has 3 N–H and O–H groups in total. The van der Waals surface area contributed by atoms with Gasteiger partial charge in [-0.2, -0.15) is 0 Å². The van der Waals surface area contributed by atoms with E-state index in [0.29, 0.717) is 5.56 Å². The summed E-state index contributed by atoms with van der Waals surface area (Å²) in [7, 11) is 0. The van der Waals surface area contributed by atoms with Crippen LogP contribution in [0.4, 0.5) is 5.69 Å².